The summed E-state index contributed by atoms with van der Waals surface area (Å²) in [6.45, 7) is 0. The molecule has 100 valence electrons. The van der Waals surface area contributed by atoms with Gasteiger partial charge in [-0.3, -0.25) is 0 Å². The van der Waals surface area contributed by atoms with Gasteiger partial charge in [-0.05, 0) is 18.4 Å². The summed E-state index contributed by atoms with van der Waals surface area (Å²) in [7, 11) is 0. The number of pyridine rings is 1. The van der Waals surface area contributed by atoms with Crippen LogP contribution >= 0.6 is 11.8 Å². The van der Waals surface area contributed by atoms with Crippen LogP contribution in [0.4, 0.5) is 28.9 Å². The molecule has 1 aromatic heterocycles. The second kappa shape index (κ2) is 5.48. The van der Waals surface area contributed by atoms with Gasteiger partial charge < -0.3 is 5.32 Å². The number of nitrogens with zero attached hydrogens (tertiary/aromatic N) is 1. The van der Waals surface area contributed by atoms with E-state index in [0.29, 0.717) is 10.6 Å². The third kappa shape index (κ3) is 2.65. The second-order valence-corrected chi connectivity index (χ2v) is 4.37. The first-order valence-electron chi connectivity index (χ1n) is 5.14. The lowest BCUT2D eigenvalue weighted by atomic mass is 10.3. The van der Waals surface area contributed by atoms with Gasteiger partial charge in [-0.25, -0.2) is 0 Å². The number of hydrogen-bond acceptors (Lipinski definition) is 3. The van der Waals surface area contributed by atoms with E-state index in [9.17, 15) is 17.6 Å². The Morgan fingerprint density at radius 1 is 1.00 bits per heavy atom. The van der Waals surface area contributed by atoms with Gasteiger partial charge in [-0.1, -0.05) is 12.1 Å². The third-order valence-electron chi connectivity index (χ3n) is 2.36. The highest BCUT2D eigenvalue weighted by Gasteiger charge is 2.21. The maximum Gasteiger partial charge on any atom is 0.253 e. The molecule has 1 aromatic carbocycles. The van der Waals surface area contributed by atoms with Crippen LogP contribution in [0.1, 0.15) is 0 Å². The van der Waals surface area contributed by atoms with Gasteiger partial charge in [0.15, 0.2) is 0 Å². The molecule has 0 atom stereocenters. The Balaban J connectivity index is 2.49. The predicted octanol–water partition coefficient (Wildman–Crippen LogP) is 4.10. The smallest absolute Gasteiger partial charge is 0.253 e. The second-order valence-electron chi connectivity index (χ2n) is 3.52. The summed E-state index contributed by atoms with van der Waals surface area (Å²) in [5, 5.41) is 2.35. The molecule has 0 radical (unpaired) electrons. The average Bonchev–Trinajstić information content (AvgIpc) is 2.42. The minimum atomic E-state index is -1.69. The molecule has 0 aliphatic carbocycles. The number of hydrogen-bond donors (Lipinski definition) is 1. The Hall–Kier alpha value is -1.76. The van der Waals surface area contributed by atoms with Gasteiger partial charge in [0, 0.05) is 4.90 Å². The predicted molar refractivity (Wildman–Crippen MR) is 65.6 cm³/mol. The van der Waals surface area contributed by atoms with Crippen LogP contribution in [0.15, 0.2) is 29.2 Å². The minimum absolute atomic E-state index is 0.345. The molecule has 0 bridgehead atoms. The highest BCUT2D eigenvalue weighted by Crippen LogP contribution is 2.31. The fraction of sp³-hybridized carbons (Fsp3) is 0.0833. The lowest BCUT2D eigenvalue weighted by Gasteiger charge is -2.12. The summed E-state index contributed by atoms with van der Waals surface area (Å²) >= 11 is 1.32. The van der Waals surface area contributed by atoms with E-state index in [0.717, 1.165) is 0 Å². The molecule has 0 saturated carbocycles. The van der Waals surface area contributed by atoms with E-state index in [-0.39, 0.29) is 0 Å². The molecule has 0 spiro atoms. The molecule has 0 amide bonds. The first-order chi connectivity index (χ1) is 9.04. The molecular weight excluding hydrogens is 280 g/mol. The molecule has 1 N–H and O–H groups in total. The van der Waals surface area contributed by atoms with Crippen LogP contribution in [0, 0.1) is 23.5 Å². The normalized spacial score (nSPS) is 10.6. The molecule has 1 heterocycles. The van der Waals surface area contributed by atoms with Crippen molar-refractivity contribution < 1.29 is 17.6 Å². The number of para-hydroxylation sites is 1. The van der Waals surface area contributed by atoms with Crippen molar-refractivity contribution in [2.75, 3.05) is 11.6 Å². The summed E-state index contributed by atoms with van der Waals surface area (Å²) in [5.41, 5.74) is -0.552. The Kier molecular flexibility index (Phi) is 3.94. The largest absolute Gasteiger partial charge is 0.350 e. The number of rotatable bonds is 3. The molecule has 2 aromatic rings. The van der Waals surface area contributed by atoms with E-state index in [1.807, 2.05) is 0 Å². The van der Waals surface area contributed by atoms with Crippen molar-refractivity contribution in [3.8, 4) is 0 Å². The molecular formula is C12H8F4N2S. The Morgan fingerprint density at radius 2 is 1.58 bits per heavy atom. The number of anilines is 2. The summed E-state index contributed by atoms with van der Waals surface area (Å²) in [6.07, 6.45) is 1.76. The molecule has 2 rings (SSSR count). The van der Waals surface area contributed by atoms with Gasteiger partial charge in [-0.15, -0.1) is 11.8 Å². The fourth-order valence-corrected chi connectivity index (χ4v) is 2.03. The SMILES string of the molecule is CSc1ccccc1Nc1c(F)c(F)nc(F)c1F. The van der Waals surface area contributed by atoms with E-state index in [1.54, 1.807) is 30.5 Å². The van der Waals surface area contributed by atoms with Gasteiger partial charge >= 0.3 is 0 Å². The van der Waals surface area contributed by atoms with Crippen molar-refractivity contribution >= 4 is 23.1 Å². The standard InChI is InChI=1S/C12H8F4N2S/c1-19-7-5-3-2-4-6(7)17-10-8(13)11(15)18-12(16)9(10)14/h2-5H,1H3,(H,17,18). The molecule has 7 heteroatoms. The summed E-state index contributed by atoms with van der Waals surface area (Å²) in [6, 6.07) is 6.61. The summed E-state index contributed by atoms with van der Waals surface area (Å²) in [4.78, 5) is 3.17. The van der Waals surface area contributed by atoms with Crippen LogP contribution in [0.2, 0.25) is 0 Å². The Morgan fingerprint density at radius 3 is 2.16 bits per heavy atom. The highest BCUT2D eigenvalue weighted by molar-refractivity contribution is 7.98. The van der Waals surface area contributed by atoms with Crippen LogP contribution in [0.25, 0.3) is 0 Å². The van der Waals surface area contributed by atoms with E-state index < -0.39 is 29.2 Å². The van der Waals surface area contributed by atoms with Crippen molar-refractivity contribution in [2.45, 2.75) is 4.90 Å². The molecule has 0 aliphatic heterocycles. The van der Waals surface area contributed by atoms with Gasteiger partial charge in [0.2, 0.25) is 11.6 Å². The van der Waals surface area contributed by atoms with Crippen molar-refractivity contribution in [2.24, 2.45) is 0 Å². The molecule has 2 nitrogen and oxygen atoms in total. The van der Waals surface area contributed by atoms with E-state index in [4.69, 9.17) is 0 Å². The van der Waals surface area contributed by atoms with Crippen LogP contribution in [-0.4, -0.2) is 11.2 Å². The quantitative estimate of drug-likeness (QED) is 0.523. The monoisotopic (exact) mass is 288 g/mol. The van der Waals surface area contributed by atoms with Gasteiger partial charge in [-0.2, -0.15) is 22.5 Å². The van der Waals surface area contributed by atoms with Crippen molar-refractivity contribution in [3.63, 3.8) is 0 Å². The van der Waals surface area contributed by atoms with Crippen LogP contribution in [-0.2, 0) is 0 Å². The van der Waals surface area contributed by atoms with Crippen LogP contribution < -0.4 is 5.32 Å². The molecule has 0 saturated heterocycles. The minimum Gasteiger partial charge on any atom is -0.350 e. The van der Waals surface area contributed by atoms with Crippen LogP contribution in [0.3, 0.4) is 0 Å². The average molecular weight is 288 g/mol. The first-order valence-corrected chi connectivity index (χ1v) is 6.37. The van der Waals surface area contributed by atoms with E-state index >= 15 is 0 Å². The number of thioether (sulfide) groups is 1. The van der Waals surface area contributed by atoms with Crippen molar-refractivity contribution in [3.05, 3.63) is 47.8 Å². The number of benzene rings is 1. The molecule has 0 unspecified atom stereocenters. The van der Waals surface area contributed by atoms with Crippen molar-refractivity contribution in [1.29, 1.82) is 0 Å². The zero-order chi connectivity index (χ0) is 14.0. The zero-order valence-corrected chi connectivity index (χ0v) is 10.5. The third-order valence-corrected chi connectivity index (χ3v) is 3.16. The first kappa shape index (κ1) is 13.7. The summed E-state index contributed by atoms with van der Waals surface area (Å²) in [5.74, 6) is -6.50. The Labute approximate surface area is 110 Å². The maximum atomic E-state index is 13.5. The van der Waals surface area contributed by atoms with Gasteiger partial charge in [0.05, 0.1) is 5.69 Å². The number of halogens is 4. The summed E-state index contributed by atoms with van der Waals surface area (Å²) < 4.78 is 52.8. The molecule has 0 aliphatic rings. The maximum absolute atomic E-state index is 13.5. The molecule has 0 fully saturated rings. The number of aromatic nitrogens is 1. The lowest BCUT2D eigenvalue weighted by Crippen LogP contribution is -2.06. The van der Waals surface area contributed by atoms with Crippen molar-refractivity contribution in [1.82, 2.24) is 4.98 Å². The van der Waals surface area contributed by atoms with Crippen LogP contribution in [0.5, 0.6) is 0 Å². The van der Waals surface area contributed by atoms with Gasteiger partial charge in [0.1, 0.15) is 5.69 Å². The fourth-order valence-electron chi connectivity index (χ4n) is 1.48. The topological polar surface area (TPSA) is 24.9 Å². The highest BCUT2D eigenvalue weighted by atomic mass is 32.2. The van der Waals surface area contributed by atoms with E-state index in [2.05, 4.69) is 10.3 Å². The molecule has 19 heavy (non-hydrogen) atoms. The lowest BCUT2D eigenvalue weighted by molar-refractivity contribution is 0.411. The van der Waals surface area contributed by atoms with Gasteiger partial charge in [0.25, 0.3) is 11.9 Å². The van der Waals surface area contributed by atoms with E-state index in [1.165, 1.54) is 11.8 Å². The number of nitrogens with one attached hydrogen (secondary N) is 1. The zero-order valence-electron chi connectivity index (χ0n) is 9.68. The Bertz CT molecular complexity index is 593.